The third-order valence-electron chi connectivity index (χ3n) is 2.54. The minimum absolute atomic E-state index is 0.0223. The van der Waals surface area contributed by atoms with Crippen molar-refractivity contribution in [2.75, 3.05) is 6.61 Å². The van der Waals surface area contributed by atoms with E-state index in [1.165, 1.54) is 6.92 Å². The van der Waals surface area contributed by atoms with Gasteiger partial charge < -0.3 is 10.5 Å². The Morgan fingerprint density at radius 2 is 2.05 bits per heavy atom. The molecule has 0 aliphatic rings. The van der Waals surface area contributed by atoms with E-state index in [2.05, 4.69) is 9.72 Å². The Morgan fingerprint density at radius 3 is 2.48 bits per heavy atom. The number of carbonyl (C=O) groups is 1. The molecular weight excluding hydrogens is 299 g/mol. The molecule has 1 aromatic rings. The number of alkyl halides is 5. The highest BCUT2D eigenvalue weighted by Gasteiger charge is 2.38. The Balaban J connectivity index is 3.42. The Labute approximate surface area is 117 Å². The van der Waals surface area contributed by atoms with Gasteiger partial charge >= 0.3 is 12.1 Å². The van der Waals surface area contributed by atoms with E-state index in [-0.39, 0.29) is 18.8 Å². The van der Waals surface area contributed by atoms with E-state index in [1.54, 1.807) is 0 Å². The van der Waals surface area contributed by atoms with Crippen molar-refractivity contribution in [2.45, 2.75) is 32.5 Å². The van der Waals surface area contributed by atoms with E-state index in [0.29, 0.717) is 6.07 Å². The minimum atomic E-state index is -5.00. The number of hydrogen-bond donors (Lipinski definition) is 1. The molecule has 0 aliphatic carbocycles. The van der Waals surface area contributed by atoms with Gasteiger partial charge in [0, 0.05) is 6.54 Å². The lowest BCUT2D eigenvalue weighted by Gasteiger charge is -2.17. The molecule has 0 saturated carbocycles. The molecule has 0 atom stereocenters. The zero-order valence-corrected chi connectivity index (χ0v) is 11.0. The topological polar surface area (TPSA) is 65.2 Å². The van der Waals surface area contributed by atoms with Crippen LogP contribution in [0.4, 0.5) is 22.0 Å². The third kappa shape index (κ3) is 4.35. The van der Waals surface area contributed by atoms with Gasteiger partial charge in [-0.2, -0.15) is 13.2 Å². The quantitative estimate of drug-likeness (QED) is 0.670. The molecule has 1 heterocycles. The summed E-state index contributed by atoms with van der Waals surface area (Å²) in [6.45, 7) is 1.09. The van der Waals surface area contributed by atoms with Gasteiger partial charge in [0.1, 0.15) is 0 Å². The number of rotatable bonds is 5. The molecule has 0 bridgehead atoms. The number of carbonyl (C=O) groups excluding carboxylic acids is 1. The van der Waals surface area contributed by atoms with Gasteiger partial charge in [-0.15, -0.1) is 0 Å². The van der Waals surface area contributed by atoms with Crippen molar-refractivity contribution in [1.82, 2.24) is 4.98 Å². The predicted molar refractivity (Wildman–Crippen MR) is 62.4 cm³/mol. The second kappa shape index (κ2) is 6.79. The highest BCUT2D eigenvalue weighted by Crippen LogP contribution is 2.38. The van der Waals surface area contributed by atoms with Gasteiger partial charge in [0.15, 0.2) is 0 Å². The minimum Gasteiger partial charge on any atom is -0.466 e. The summed E-state index contributed by atoms with van der Waals surface area (Å²) in [5, 5.41) is 0. The monoisotopic (exact) mass is 312 g/mol. The van der Waals surface area contributed by atoms with E-state index in [9.17, 15) is 26.7 Å². The van der Waals surface area contributed by atoms with Crippen molar-refractivity contribution in [1.29, 1.82) is 0 Å². The van der Waals surface area contributed by atoms with Crippen LogP contribution < -0.4 is 5.73 Å². The first kappa shape index (κ1) is 17.3. The molecule has 9 heteroatoms. The van der Waals surface area contributed by atoms with Gasteiger partial charge in [-0.1, -0.05) is 0 Å². The smallest absolute Gasteiger partial charge is 0.417 e. The van der Waals surface area contributed by atoms with E-state index >= 15 is 0 Å². The van der Waals surface area contributed by atoms with Crippen molar-refractivity contribution in [3.63, 3.8) is 0 Å². The van der Waals surface area contributed by atoms with E-state index < -0.39 is 41.8 Å². The van der Waals surface area contributed by atoms with E-state index in [4.69, 9.17) is 5.73 Å². The molecule has 0 aliphatic heterocycles. The molecule has 0 aromatic carbocycles. The van der Waals surface area contributed by atoms with Gasteiger partial charge in [-0.25, -0.2) is 8.78 Å². The van der Waals surface area contributed by atoms with Crippen molar-refractivity contribution in [2.24, 2.45) is 5.73 Å². The van der Waals surface area contributed by atoms with Gasteiger partial charge in [0.25, 0.3) is 6.43 Å². The van der Waals surface area contributed by atoms with Crippen LogP contribution >= 0.6 is 0 Å². The maximum absolute atomic E-state index is 13.0. The number of pyridine rings is 1. The van der Waals surface area contributed by atoms with Gasteiger partial charge in [-0.3, -0.25) is 9.78 Å². The molecule has 2 N–H and O–H groups in total. The number of nitrogens with zero attached hydrogens (tertiary/aromatic N) is 1. The molecule has 0 spiro atoms. The Kier molecular flexibility index (Phi) is 5.59. The van der Waals surface area contributed by atoms with Crippen LogP contribution in [0, 0.1) is 0 Å². The molecule has 21 heavy (non-hydrogen) atoms. The highest BCUT2D eigenvalue weighted by molar-refractivity contribution is 5.72. The number of esters is 1. The largest absolute Gasteiger partial charge is 0.466 e. The fourth-order valence-corrected chi connectivity index (χ4v) is 1.73. The van der Waals surface area contributed by atoms with Crippen molar-refractivity contribution in [3.8, 4) is 0 Å². The Bertz CT molecular complexity index is 517. The zero-order chi connectivity index (χ0) is 16.2. The lowest BCUT2D eigenvalue weighted by molar-refractivity contribution is -0.143. The highest BCUT2D eigenvalue weighted by atomic mass is 19.4. The standard InChI is InChI=1S/C12H13F5N2O2/c1-2-21-9(20)4-8-10(11(13)14)7(12(15,16)17)3-6(5-18)19-8/h3,11H,2,4-5,18H2,1H3. The number of ether oxygens (including phenoxy) is 1. The fraction of sp³-hybridized carbons (Fsp3) is 0.500. The first-order chi connectivity index (χ1) is 9.70. The molecule has 0 amide bonds. The molecule has 118 valence electrons. The molecule has 1 aromatic heterocycles. The first-order valence-electron chi connectivity index (χ1n) is 5.94. The average molecular weight is 312 g/mol. The molecule has 0 unspecified atom stereocenters. The maximum atomic E-state index is 13.0. The number of nitrogens with two attached hydrogens (primary N) is 1. The lowest BCUT2D eigenvalue weighted by atomic mass is 10.0. The Hall–Kier alpha value is -1.77. The van der Waals surface area contributed by atoms with Crippen LogP contribution in [0.1, 0.15) is 35.9 Å². The van der Waals surface area contributed by atoms with E-state index in [1.807, 2.05) is 0 Å². The summed E-state index contributed by atoms with van der Waals surface area (Å²) >= 11 is 0. The second-order valence-corrected chi connectivity index (χ2v) is 4.01. The fourth-order valence-electron chi connectivity index (χ4n) is 1.73. The normalized spacial score (nSPS) is 11.8. The molecular formula is C12H13F5N2O2. The molecule has 1 rings (SSSR count). The van der Waals surface area contributed by atoms with Gasteiger partial charge in [-0.05, 0) is 13.0 Å². The third-order valence-corrected chi connectivity index (χ3v) is 2.54. The number of hydrogen-bond acceptors (Lipinski definition) is 4. The molecule has 0 radical (unpaired) electrons. The average Bonchev–Trinajstić information content (AvgIpc) is 2.36. The van der Waals surface area contributed by atoms with Crippen molar-refractivity contribution in [3.05, 3.63) is 28.6 Å². The van der Waals surface area contributed by atoms with Gasteiger partial charge in [0.05, 0.1) is 35.5 Å². The van der Waals surface area contributed by atoms with Crippen LogP contribution in [0.3, 0.4) is 0 Å². The van der Waals surface area contributed by atoms with Crippen molar-refractivity contribution < 1.29 is 31.5 Å². The van der Waals surface area contributed by atoms with Crippen LogP contribution in [0.15, 0.2) is 6.07 Å². The summed E-state index contributed by atoms with van der Waals surface area (Å²) in [6, 6.07) is 0.468. The summed E-state index contributed by atoms with van der Waals surface area (Å²) in [7, 11) is 0. The van der Waals surface area contributed by atoms with Gasteiger partial charge in [0.2, 0.25) is 0 Å². The van der Waals surface area contributed by atoms with Crippen LogP contribution in [-0.2, 0) is 28.7 Å². The maximum Gasteiger partial charge on any atom is 0.417 e. The first-order valence-corrected chi connectivity index (χ1v) is 5.94. The molecule has 0 fully saturated rings. The van der Waals surface area contributed by atoms with E-state index in [0.717, 1.165) is 0 Å². The van der Waals surface area contributed by atoms with Crippen LogP contribution in [0.25, 0.3) is 0 Å². The van der Waals surface area contributed by atoms with Crippen LogP contribution in [-0.4, -0.2) is 17.6 Å². The summed E-state index contributed by atoms with van der Waals surface area (Å²) < 4.78 is 69.1. The molecule has 0 saturated heterocycles. The van der Waals surface area contributed by atoms with Crippen LogP contribution in [0.5, 0.6) is 0 Å². The summed E-state index contributed by atoms with van der Waals surface area (Å²) in [5.41, 5.74) is 1.47. The summed E-state index contributed by atoms with van der Waals surface area (Å²) in [6.07, 6.45) is -9.20. The zero-order valence-electron chi connectivity index (χ0n) is 11.0. The number of halogens is 5. The van der Waals surface area contributed by atoms with Crippen molar-refractivity contribution >= 4 is 5.97 Å². The molecule has 4 nitrogen and oxygen atoms in total. The Morgan fingerprint density at radius 1 is 1.43 bits per heavy atom. The summed E-state index contributed by atoms with van der Waals surface area (Å²) in [5.74, 6) is -0.936. The SMILES string of the molecule is CCOC(=O)Cc1nc(CN)cc(C(F)(F)F)c1C(F)F. The predicted octanol–water partition coefficient (Wildman–Crippen LogP) is 2.60. The lowest BCUT2D eigenvalue weighted by Crippen LogP contribution is -2.19. The number of aromatic nitrogens is 1. The summed E-state index contributed by atoms with van der Waals surface area (Å²) in [4.78, 5) is 14.9. The van der Waals surface area contributed by atoms with Crippen LogP contribution in [0.2, 0.25) is 0 Å². The second-order valence-electron chi connectivity index (χ2n) is 4.01.